The van der Waals surface area contributed by atoms with Crippen LogP contribution in [0.15, 0.2) is 176 Å². The van der Waals surface area contributed by atoms with E-state index in [-0.39, 0.29) is 16.2 Å². The van der Waals surface area contributed by atoms with E-state index >= 15 is 0 Å². The molecule has 1 aliphatic carbocycles. The Hall–Kier alpha value is -6.70. The summed E-state index contributed by atoms with van der Waals surface area (Å²) in [5.41, 5.74) is 21.7. The van der Waals surface area contributed by atoms with E-state index in [1.54, 1.807) is 0 Å². The normalized spacial score (nSPS) is 12.5. The van der Waals surface area contributed by atoms with Gasteiger partial charge in [-0.3, -0.25) is 0 Å². The van der Waals surface area contributed by atoms with Crippen molar-refractivity contribution in [2.75, 3.05) is 4.90 Å². The van der Waals surface area contributed by atoms with E-state index in [4.69, 9.17) is 0 Å². The number of hydrogen-bond donors (Lipinski definition) is 0. The largest absolute Gasteiger partial charge is 0.310 e. The first-order chi connectivity index (χ1) is 30.5. The van der Waals surface area contributed by atoms with Crippen molar-refractivity contribution in [3.63, 3.8) is 0 Å². The van der Waals surface area contributed by atoms with Crippen LogP contribution < -0.4 is 4.90 Å². The van der Waals surface area contributed by atoms with Gasteiger partial charge in [-0.05, 0) is 189 Å². The fraction of sp³-hybridized carbons (Fsp3) is 0.206. The fourth-order valence-electron chi connectivity index (χ4n) is 9.58. The van der Waals surface area contributed by atoms with Gasteiger partial charge in [0, 0.05) is 17.1 Å². The molecule has 0 bridgehead atoms. The highest BCUT2D eigenvalue weighted by Crippen LogP contribution is 2.52. The van der Waals surface area contributed by atoms with Crippen LogP contribution in [-0.4, -0.2) is 0 Å². The molecule has 1 heteroatoms. The van der Waals surface area contributed by atoms with E-state index in [2.05, 4.69) is 250 Å². The molecular weight excluding hydrogens is 771 g/mol. The van der Waals surface area contributed by atoms with E-state index in [1.165, 1.54) is 105 Å². The van der Waals surface area contributed by atoms with Crippen molar-refractivity contribution in [2.24, 2.45) is 0 Å². The SMILES string of the molecule is Cc1ccc(C(C)(C)C)cc1N(c1cccc(-c2ccccc2)c1)c1ccc2cc3c(cc2c1)-c1cc2cc(-c4ccc(C(C)(C)C)cc4)c(-c4ccc(C(C)(C)C)cc4)cc2cc1-3. The van der Waals surface area contributed by atoms with Gasteiger partial charge in [-0.2, -0.15) is 0 Å². The molecule has 0 amide bonds. The van der Waals surface area contributed by atoms with E-state index in [0.717, 1.165) is 11.4 Å². The van der Waals surface area contributed by atoms with Crippen LogP contribution in [0.3, 0.4) is 0 Å². The Kier molecular flexibility index (Phi) is 9.84. The number of rotatable bonds is 6. The molecule has 0 radical (unpaired) electrons. The lowest BCUT2D eigenvalue weighted by Crippen LogP contribution is -2.15. The summed E-state index contributed by atoms with van der Waals surface area (Å²) in [5, 5.41) is 5.03. The number of anilines is 3. The number of fused-ring (bicyclic) bond motifs is 6. The summed E-state index contributed by atoms with van der Waals surface area (Å²) in [7, 11) is 0. The topological polar surface area (TPSA) is 3.24 Å². The van der Waals surface area contributed by atoms with Gasteiger partial charge in [-0.15, -0.1) is 0 Å². The Labute approximate surface area is 381 Å². The third kappa shape index (κ3) is 7.51. The average Bonchev–Trinajstić information content (AvgIpc) is 3.27. The quantitative estimate of drug-likeness (QED) is 0.161. The van der Waals surface area contributed by atoms with Crippen molar-refractivity contribution >= 4 is 38.6 Å². The number of benzene rings is 9. The maximum atomic E-state index is 2.46. The van der Waals surface area contributed by atoms with Crippen LogP contribution in [0.5, 0.6) is 0 Å². The van der Waals surface area contributed by atoms with Gasteiger partial charge in [-0.1, -0.05) is 172 Å². The van der Waals surface area contributed by atoms with Gasteiger partial charge in [0.1, 0.15) is 0 Å². The second-order valence-electron chi connectivity index (χ2n) is 21.2. The molecule has 64 heavy (non-hydrogen) atoms. The molecule has 1 nitrogen and oxygen atoms in total. The summed E-state index contributed by atoms with van der Waals surface area (Å²) < 4.78 is 0. The molecule has 0 atom stereocenters. The summed E-state index contributed by atoms with van der Waals surface area (Å²) in [6, 6.07) is 66.7. The van der Waals surface area contributed by atoms with Gasteiger partial charge in [0.05, 0.1) is 0 Å². The first-order valence-corrected chi connectivity index (χ1v) is 23.0. The highest BCUT2D eigenvalue weighted by molar-refractivity contribution is 6.13. The van der Waals surface area contributed by atoms with Crippen molar-refractivity contribution in [1.82, 2.24) is 0 Å². The molecule has 0 spiro atoms. The minimum Gasteiger partial charge on any atom is -0.310 e. The first kappa shape index (κ1) is 41.3. The molecule has 9 aromatic carbocycles. The van der Waals surface area contributed by atoms with E-state index in [9.17, 15) is 0 Å². The highest BCUT2D eigenvalue weighted by Gasteiger charge is 2.26. The van der Waals surface area contributed by atoms with Gasteiger partial charge >= 0.3 is 0 Å². The van der Waals surface area contributed by atoms with Gasteiger partial charge in [0.15, 0.2) is 0 Å². The maximum Gasteiger partial charge on any atom is 0.0493 e. The molecule has 0 heterocycles. The van der Waals surface area contributed by atoms with Crippen molar-refractivity contribution in [1.29, 1.82) is 0 Å². The molecule has 0 aromatic heterocycles. The highest BCUT2D eigenvalue weighted by atomic mass is 15.1. The van der Waals surface area contributed by atoms with Crippen LogP contribution in [0, 0.1) is 6.92 Å². The minimum atomic E-state index is 0.0141. The molecule has 316 valence electrons. The summed E-state index contributed by atoms with van der Waals surface area (Å²) in [5.74, 6) is 0. The molecule has 0 unspecified atom stereocenters. The summed E-state index contributed by atoms with van der Waals surface area (Å²) >= 11 is 0. The lowest BCUT2D eigenvalue weighted by molar-refractivity contribution is 0.590. The molecule has 10 rings (SSSR count). The third-order valence-electron chi connectivity index (χ3n) is 13.6. The molecule has 0 aliphatic heterocycles. The number of aryl methyl sites for hydroxylation is 1. The van der Waals surface area contributed by atoms with Crippen molar-refractivity contribution in [3.05, 3.63) is 198 Å². The van der Waals surface area contributed by atoms with E-state index < -0.39 is 0 Å². The molecule has 0 N–H and O–H groups in total. The van der Waals surface area contributed by atoms with Crippen LogP contribution in [0.1, 0.15) is 84.6 Å². The Morgan fingerprint density at radius 2 is 0.734 bits per heavy atom. The second-order valence-corrected chi connectivity index (χ2v) is 21.2. The number of hydrogen-bond acceptors (Lipinski definition) is 1. The Balaban J connectivity index is 1.09. The van der Waals surface area contributed by atoms with Gasteiger partial charge in [-0.25, -0.2) is 0 Å². The molecule has 0 saturated carbocycles. The summed E-state index contributed by atoms with van der Waals surface area (Å²) in [6.07, 6.45) is 0. The molecule has 1 aliphatic rings. The van der Waals surface area contributed by atoms with Crippen molar-refractivity contribution < 1.29 is 0 Å². The van der Waals surface area contributed by atoms with Crippen molar-refractivity contribution in [3.8, 4) is 55.6 Å². The molecule has 0 fully saturated rings. The van der Waals surface area contributed by atoms with Crippen LogP contribution >= 0.6 is 0 Å². The summed E-state index contributed by atoms with van der Waals surface area (Å²) in [4.78, 5) is 2.46. The zero-order chi connectivity index (χ0) is 44.7. The lowest BCUT2D eigenvalue weighted by atomic mass is 9.77. The van der Waals surface area contributed by atoms with Crippen LogP contribution in [0.25, 0.3) is 77.2 Å². The minimum absolute atomic E-state index is 0.0141. The maximum absolute atomic E-state index is 2.46. The second kappa shape index (κ2) is 15.2. The standard InChI is InChI=1S/C63H59N/c1-40-19-25-51(63(8,9)10)39-60(40)64(52-18-14-17-44(31-52)41-15-12-11-13-16-41)53-30-24-45-33-56-57(36-46(45)32-53)59-38-48-35-55(43-22-28-50(29-23-43)62(5,6)7)54(34-47(48)37-58(56)59)42-20-26-49(27-21-42)61(2,3)4/h11-39H,1-10H3. The Bertz CT molecular complexity index is 3240. The van der Waals surface area contributed by atoms with Gasteiger partial charge in [0.25, 0.3) is 0 Å². The predicted molar refractivity (Wildman–Crippen MR) is 278 cm³/mol. The zero-order valence-corrected chi connectivity index (χ0v) is 39.2. The van der Waals surface area contributed by atoms with Crippen LogP contribution in [-0.2, 0) is 16.2 Å². The third-order valence-corrected chi connectivity index (χ3v) is 13.6. The average molecular weight is 830 g/mol. The molecule has 9 aromatic rings. The van der Waals surface area contributed by atoms with Crippen LogP contribution in [0.4, 0.5) is 17.1 Å². The Morgan fingerprint density at radius 3 is 1.25 bits per heavy atom. The monoisotopic (exact) mass is 829 g/mol. The predicted octanol–water partition coefficient (Wildman–Crippen LogP) is 18.3. The first-order valence-electron chi connectivity index (χ1n) is 23.0. The number of nitrogens with zero attached hydrogens (tertiary/aromatic N) is 1. The zero-order valence-electron chi connectivity index (χ0n) is 39.2. The van der Waals surface area contributed by atoms with Gasteiger partial charge in [0.2, 0.25) is 0 Å². The smallest absolute Gasteiger partial charge is 0.0493 e. The van der Waals surface area contributed by atoms with E-state index in [1.807, 2.05) is 0 Å². The van der Waals surface area contributed by atoms with Crippen LogP contribution in [0.2, 0.25) is 0 Å². The molecular formula is C63H59N. The Morgan fingerprint density at radius 1 is 0.297 bits per heavy atom. The molecule has 0 saturated heterocycles. The summed E-state index contributed by atoms with van der Waals surface area (Å²) in [6.45, 7) is 22.8. The van der Waals surface area contributed by atoms with Gasteiger partial charge < -0.3 is 4.90 Å². The van der Waals surface area contributed by atoms with Crippen molar-refractivity contribution in [2.45, 2.75) is 85.5 Å². The fourth-order valence-corrected chi connectivity index (χ4v) is 9.58. The van der Waals surface area contributed by atoms with E-state index in [0.29, 0.717) is 0 Å². The lowest BCUT2D eigenvalue weighted by Gasteiger charge is -2.30.